The highest BCUT2D eigenvalue weighted by Gasteiger charge is 2.90. The van der Waals surface area contributed by atoms with Crippen molar-refractivity contribution in [3.63, 3.8) is 0 Å². The molecule has 0 radical (unpaired) electrons. The van der Waals surface area contributed by atoms with E-state index in [0.29, 0.717) is 124 Å². The highest BCUT2D eigenvalue weighted by Crippen LogP contribution is 3.01. The summed E-state index contributed by atoms with van der Waals surface area (Å²) in [4.78, 5) is 1.75. The van der Waals surface area contributed by atoms with Gasteiger partial charge in [0, 0.05) is 10.3 Å². The minimum absolute atomic E-state index is 0.0198. The first-order valence-electron chi connectivity index (χ1n) is 30.5. The van der Waals surface area contributed by atoms with Crippen molar-refractivity contribution < 1.29 is 0 Å². The highest BCUT2D eigenvalue weighted by molar-refractivity contribution is 8.00. The summed E-state index contributed by atoms with van der Waals surface area (Å²) in [6.07, 6.45) is 0. The van der Waals surface area contributed by atoms with Crippen molar-refractivity contribution in [1.29, 1.82) is 0 Å². The first-order chi connectivity index (χ1) is 36.4. The molecule has 74 heavy (non-hydrogen) atoms. The lowest BCUT2D eigenvalue weighted by molar-refractivity contribution is 0.0333. The summed E-state index contributed by atoms with van der Waals surface area (Å²) < 4.78 is 0.0263. The molecule has 1 heteroatoms. The van der Waals surface area contributed by atoms with Gasteiger partial charge in [0.05, 0.1) is 4.75 Å². The van der Waals surface area contributed by atoms with Crippen LogP contribution in [0.25, 0.3) is 97.3 Å². The van der Waals surface area contributed by atoms with E-state index in [2.05, 4.69) is 69.6 Å². The number of hydrogen-bond acceptors (Lipinski definition) is 1. The Labute approximate surface area is 426 Å². The molecule has 1 aliphatic heterocycles. The monoisotopic (exact) mass is 946 g/mol. The Morgan fingerprint density at radius 2 is 0.649 bits per heavy atom. The lowest BCUT2D eigenvalue weighted by Gasteiger charge is -2.65. The van der Waals surface area contributed by atoms with Gasteiger partial charge in [0.1, 0.15) is 0 Å². The van der Waals surface area contributed by atoms with E-state index in [0.717, 1.165) is 0 Å². The smallest absolute Gasteiger partial charge is 0.0645 e. The molecule has 1 saturated carbocycles. The lowest BCUT2D eigenvalue weighted by atomic mass is 9.39. The molecule has 0 amide bonds. The number of fused-ring (bicyclic) bond motifs is 1. The molecule has 22 unspecified atom stereocenters. The molecule has 0 bridgehead atoms. The van der Waals surface area contributed by atoms with Crippen molar-refractivity contribution in [3.05, 3.63) is 140 Å². The van der Waals surface area contributed by atoms with Crippen LogP contribution in [-0.2, 0) is 15.6 Å². The van der Waals surface area contributed by atoms with Crippen molar-refractivity contribution in [2.45, 2.75) is 168 Å². The fourth-order valence-corrected chi connectivity index (χ4v) is 35.3. The molecule has 0 aromatic heterocycles. The topological polar surface area (TPSA) is 0 Å². The Bertz CT molecular complexity index is 5650. The minimum atomic E-state index is -0.0198. The Balaban J connectivity index is 1.00. The maximum atomic E-state index is 2.81. The third kappa shape index (κ3) is 1.74. The van der Waals surface area contributed by atoms with E-state index >= 15 is 0 Å². The molecular weight excluding hydrogens is 909 g/mol. The fraction of sp³-hybridized carbons (Fsp3) is 0.397. The zero-order valence-corrected chi connectivity index (χ0v) is 42.0. The molecule has 23 aliphatic rings. The Kier molecular flexibility index (Phi) is 3.00. The van der Waals surface area contributed by atoms with Crippen molar-refractivity contribution >= 4 is 97.9 Å². The van der Waals surface area contributed by atoms with Crippen molar-refractivity contribution in [1.82, 2.24) is 0 Å². The second-order valence-corrected chi connectivity index (χ2v) is 33.7. The van der Waals surface area contributed by atoms with Crippen molar-refractivity contribution in [3.8, 4) is 11.1 Å². The summed E-state index contributed by atoms with van der Waals surface area (Å²) in [7, 11) is 0. The van der Waals surface area contributed by atoms with E-state index in [1.807, 2.05) is 209 Å². The Morgan fingerprint density at radius 3 is 1.07 bits per heavy atom. The molecule has 0 nitrogen and oxygen atoms in total. The number of hydrogen-bond donors (Lipinski definition) is 0. The quantitative estimate of drug-likeness (QED) is 0.148. The zero-order valence-electron chi connectivity index (χ0n) is 41.2. The molecule has 22 atom stereocenters. The Morgan fingerprint density at radius 1 is 0.338 bits per heavy atom. The first-order valence-corrected chi connectivity index (χ1v) is 31.3. The average molecular weight is 947 g/mol. The van der Waals surface area contributed by atoms with Gasteiger partial charge in [-0.1, -0.05) is 40.7 Å². The van der Waals surface area contributed by atoms with Crippen LogP contribution in [0, 0.1) is 11.8 Å². The molecule has 2 spiro atoms. The Hall–Kier alpha value is -5.37. The zero-order chi connectivity index (χ0) is 45.0. The summed E-state index contributed by atoms with van der Waals surface area (Å²) in [5.74, 6) is 13.6. The predicted molar refractivity (Wildman–Crippen MR) is 289 cm³/mol. The molecule has 22 aliphatic carbocycles. The van der Waals surface area contributed by atoms with Crippen LogP contribution in [0.5, 0.6) is 0 Å². The van der Waals surface area contributed by atoms with Gasteiger partial charge in [-0.05, 0) is 361 Å². The predicted octanol–water partition coefficient (Wildman–Crippen LogP) is 16.9. The molecule has 0 saturated heterocycles. The van der Waals surface area contributed by atoms with E-state index in [9.17, 15) is 0 Å². The summed E-state index contributed by atoms with van der Waals surface area (Å²) in [5, 5.41) is 30.8. The van der Waals surface area contributed by atoms with Gasteiger partial charge in [0.15, 0.2) is 0 Å². The van der Waals surface area contributed by atoms with Gasteiger partial charge in [-0.3, -0.25) is 0 Å². The molecule has 336 valence electrons. The van der Waals surface area contributed by atoms with E-state index < -0.39 is 0 Å². The summed E-state index contributed by atoms with van der Waals surface area (Å²) >= 11 is 2.61. The molecular formula is C73H38S. The largest absolute Gasteiger partial charge is 0.112 e. The van der Waals surface area contributed by atoms with Crippen LogP contribution in [0.1, 0.15) is 275 Å². The molecule has 11 aromatic carbocycles. The SMILES string of the molecule is CC(C)c1ccc2c(c1C(C)(C)C)C13c4c5c6c7c8c9c%10c%11c%12c%13c%14c%15c(c%16c%13c%10c7c4-%16)C1(S2)C1C%15C2c4c7c%10c%13c%15c%16c%17c%18c%19c%20c%21c%22c%23c(c4c4c%22c%19c%16c%104)C2C%14C%12C%23C%21C%11C9C%20C%18C8C6C%17C%15C5C3C%13C71. The maximum Gasteiger partial charge on any atom is 0.0645 e. The highest BCUT2D eigenvalue weighted by atomic mass is 32.2. The lowest BCUT2D eigenvalue weighted by Crippen LogP contribution is -2.62. The van der Waals surface area contributed by atoms with E-state index in [4.69, 9.17) is 0 Å². The second kappa shape index (κ2) is 7.17. The van der Waals surface area contributed by atoms with Gasteiger partial charge >= 0.3 is 0 Å². The molecule has 1 heterocycles. The normalized spacial score (nSPS) is 46.4. The van der Waals surface area contributed by atoms with Gasteiger partial charge in [-0.2, -0.15) is 0 Å². The average Bonchev–Trinajstić information content (AvgIpc) is 4.07. The van der Waals surface area contributed by atoms with Crippen LogP contribution in [0.15, 0.2) is 17.0 Å². The molecule has 1 fully saturated rings. The van der Waals surface area contributed by atoms with E-state index in [1.165, 1.54) is 0 Å². The van der Waals surface area contributed by atoms with Crippen LogP contribution in [-0.4, -0.2) is 0 Å². The summed E-state index contributed by atoms with van der Waals surface area (Å²) in [6.45, 7) is 13.2. The molecule has 11 aromatic rings. The number of thioether (sulfide) groups is 1. The summed E-state index contributed by atoms with van der Waals surface area (Å²) in [6, 6.07) is 5.53. The standard InChI is InChI=1S/C73H38S/c1-8(2)9-6-7-10-66(65(9)71(3,4)5)72-67-57-49-39-29-21-13-11-12-15-19-17(13)25-33-27(19)37-31-23(15)24-16(12)20-18-14(11)22(21)30-36-26(18)34-28(20)38-32(24)42-41(31)53-47(37)55-45(33)51(43(49)35(25)29)59(67)61(55)69-63(53)64-54(42)48(38)56-46(34)52-44(36)50(40(30)39)58(57)68(72)60(52)62(56)70(64)73(69,72)74-10/h6-8,13,15,17,19,21,23,29,31,39-42,50,54,58,60,62,64,68,70H,1-5H3. The van der Waals surface area contributed by atoms with Crippen LogP contribution in [0.2, 0.25) is 0 Å². The third-order valence-corrected chi connectivity index (χ3v) is 33.4. The van der Waals surface area contributed by atoms with Crippen LogP contribution >= 0.6 is 11.8 Å². The minimum Gasteiger partial charge on any atom is -0.112 e. The van der Waals surface area contributed by atoms with E-state index in [-0.39, 0.29) is 15.6 Å². The van der Waals surface area contributed by atoms with Gasteiger partial charge in [0.25, 0.3) is 0 Å². The second-order valence-electron chi connectivity index (χ2n) is 32.4. The van der Waals surface area contributed by atoms with Crippen LogP contribution in [0.4, 0.5) is 0 Å². The summed E-state index contributed by atoms with van der Waals surface area (Å²) in [5.41, 5.74) is 50.1. The van der Waals surface area contributed by atoms with Crippen molar-refractivity contribution in [2.24, 2.45) is 11.8 Å². The first kappa shape index (κ1) is 31.0. The van der Waals surface area contributed by atoms with Gasteiger partial charge in [0.2, 0.25) is 0 Å². The van der Waals surface area contributed by atoms with Crippen LogP contribution in [0.3, 0.4) is 0 Å². The van der Waals surface area contributed by atoms with E-state index in [1.54, 1.807) is 10.5 Å². The van der Waals surface area contributed by atoms with Crippen LogP contribution < -0.4 is 0 Å². The van der Waals surface area contributed by atoms with Gasteiger partial charge in [-0.15, -0.1) is 11.8 Å². The van der Waals surface area contributed by atoms with Gasteiger partial charge < -0.3 is 0 Å². The molecule has 0 N–H and O–H groups in total. The maximum absolute atomic E-state index is 2.81. The fourth-order valence-electron chi connectivity index (χ4n) is 33.2. The van der Waals surface area contributed by atoms with Crippen molar-refractivity contribution in [2.75, 3.05) is 0 Å². The number of rotatable bonds is 1. The number of benzene rings is 10. The van der Waals surface area contributed by atoms with Gasteiger partial charge in [-0.25, -0.2) is 0 Å². The third-order valence-electron chi connectivity index (χ3n) is 31.8. The molecule has 34 rings (SSSR count).